The lowest BCUT2D eigenvalue weighted by Crippen LogP contribution is -2.45. The molecule has 0 fully saturated rings. The van der Waals surface area contributed by atoms with Crippen molar-refractivity contribution in [1.82, 2.24) is 10.2 Å². The van der Waals surface area contributed by atoms with Crippen LogP contribution in [0, 0.1) is 0 Å². The van der Waals surface area contributed by atoms with Gasteiger partial charge >= 0.3 is 5.97 Å². The molecule has 1 aliphatic rings. The third kappa shape index (κ3) is 4.43. The van der Waals surface area contributed by atoms with E-state index in [0.717, 1.165) is 11.1 Å². The molecule has 0 radical (unpaired) electrons. The van der Waals surface area contributed by atoms with Gasteiger partial charge in [-0.25, -0.2) is 4.79 Å². The van der Waals surface area contributed by atoms with Crippen LogP contribution in [0.15, 0.2) is 71.9 Å². The van der Waals surface area contributed by atoms with Crippen molar-refractivity contribution >= 4 is 17.8 Å². The number of rotatable bonds is 5. The van der Waals surface area contributed by atoms with E-state index in [1.54, 1.807) is 11.8 Å². The molecule has 0 aliphatic carbocycles. The molecule has 3 rings (SSSR count). The average Bonchev–Trinajstić information content (AvgIpc) is 2.73. The zero-order chi connectivity index (χ0) is 21.7. The van der Waals surface area contributed by atoms with Gasteiger partial charge in [-0.2, -0.15) is 0 Å². The molecule has 2 amide bonds. The first-order valence-electron chi connectivity index (χ1n) is 10.0. The highest BCUT2D eigenvalue weighted by Gasteiger charge is 2.42. The summed E-state index contributed by atoms with van der Waals surface area (Å²) in [6, 6.07) is 18.0. The molecular formula is C24H26N2O4. The van der Waals surface area contributed by atoms with E-state index >= 15 is 0 Å². The van der Waals surface area contributed by atoms with Gasteiger partial charge in [-0.15, -0.1) is 0 Å². The van der Waals surface area contributed by atoms with Crippen molar-refractivity contribution in [3.63, 3.8) is 0 Å². The van der Waals surface area contributed by atoms with Crippen LogP contribution < -0.4 is 5.32 Å². The highest BCUT2D eigenvalue weighted by Crippen LogP contribution is 2.44. The van der Waals surface area contributed by atoms with Crippen LogP contribution in [-0.4, -0.2) is 29.3 Å². The summed E-state index contributed by atoms with van der Waals surface area (Å²) < 4.78 is 5.33. The average molecular weight is 406 g/mol. The summed E-state index contributed by atoms with van der Waals surface area (Å²) in [5, 5.41) is 2.83. The summed E-state index contributed by atoms with van der Waals surface area (Å²) in [5.74, 6) is -0.976. The predicted octanol–water partition coefficient (Wildman–Crippen LogP) is 3.67. The number of nitrogens with zero attached hydrogens (tertiary/aromatic N) is 1. The van der Waals surface area contributed by atoms with E-state index in [4.69, 9.17) is 4.74 Å². The molecule has 2 aromatic carbocycles. The van der Waals surface area contributed by atoms with E-state index in [1.807, 2.05) is 60.7 Å². The fourth-order valence-corrected chi connectivity index (χ4v) is 3.98. The Morgan fingerprint density at radius 2 is 1.53 bits per heavy atom. The first-order chi connectivity index (χ1) is 14.4. The number of amides is 2. The lowest BCUT2D eigenvalue weighted by Gasteiger charge is -2.43. The lowest BCUT2D eigenvalue weighted by atomic mass is 9.84. The molecule has 2 aromatic rings. The van der Waals surface area contributed by atoms with Gasteiger partial charge in [0, 0.05) is 26.0 Å². The third-order valence-corrected chi connectivity index (χ3v) is 5.10. The Bertz CT molecular complexity index is 954. The number of carbonyl (C=O) groups excluding carboxylic acids is 3. The Kier molecular flexibility index (Phi) is 6.67. The predicted molar refractivity (Wildman–Crippen MR) is 113 cm³/mol. The first-order valence-corrected chi connectivity index (χ1v) is 10.0. The third-order valence-electron chi connectivity index (χ3n) is 5.10. The summed E-state index contributed by atoms with van der Waals surface area (Å²) >= 11 is 0. The van der Waals surface area contributed by atoms with Crippen LogP contribution in [-0.2, 0) is 19.1 Å². The highest BCUT2D eigenvalue weighted by atomic mass is 16.5. The van der Waals surface area contributed by atoms with Gasteiger partial charge in [0.2, 0.25) is 11.8 Å². The van der Waals surface area contributed by atoms with E-state index in [-0.39, 0.29) is 24.5 Å². The summed E-state index contributed by atoms with van der Waals surface area (Å²) in [6.07, 6.45) is 0.306. The normalized spacial score (nSPS) is 18.7. The summed E-state index contributed by atoms with van der Waals surface area (Å²) in [5.41, 5.74) is 2.49. The van der Waals surface area contributed by atoms with E-state index in [2.05, 4.69) is 5.32 Å². The van der Waals surface area contributed by atoms with Gasteiger partial charge in [-0.1, -0.05) is 60.7 Å². The van der Waals surface area contributed by atoms with Gasteiger partial charge in [0.25, 0.3) is 0 Å². The Labute approximate surface area is 176 Å². The molecular weight excluding hydrogens is 380 g/mol. The van der Waals surface area contributed by atoms with E-state index < -0.39 is 12.0 Å². The number of nitrogens with one attached hydrogen (secondary N) is 1. The molecule has 0 aromatic heterocycles. The molecule has 6 heteroatoms. The maximum atomic E-state index is 13.0. The number of ether oxygens (including phenoxy) is 1. The number of hydrogen-bond donors (Lipinski definition) is 1. The quantitative estimate of drug-likeness (QED) is 0.769. The minimum atomic E-state index is -0.677. The zero-order valence-electron chi connectivity index (χ0n) is 17.4. The Morgan fingerprint density at radius 3 is 2.03 bits per heavy atom. The van der Waals surface area contributed by atoms with Gasteiger partial charge in [0.1, 0.15) is 0 Å². The Morgan fingerprint density at radius 1 is 0.967 bits per heavy atom. The minimum Gasteiger partial charge on any atom is -0.463 e. The van der Waals surface area contributed by atoms with E-state index in [1.165, 1.54) is 13.8 Å². The van der Waals surface area contributed by atoms with Crippen LogP contribution in [0.25, 0.3) is 0 Å². The molecule has 156 valence electrons. The van der Waals surface area contributed by atoms with Gasteiger partial charge < -0.3 is 15.0 Å². The highest BCUT2D eigenvalue weighted by molar-refractivity contribution is 5.94. The molecule has 1 heterocycles. The van der Waals surface area contributed by atoms with Crippen molar-refractivity contribution in [2.75, 3.05) is 6.61 Å². The topological polar surface area (TPSA) is 75.7 Å². The molecule has 2 unspecified atom stereocenters. The maximum absolute atomic E-state index is 13.0. The molecule has 30 heavy (non-hydrogen) atoms. The van der Waals surface area contributed by atoms with Gasteiger partial charge in [-0.3, -0.25) is 9.59 Å². The molecule has 1 N–H and O–H groups in total. The number of benzene rings is 2. The smallest absolute Gasteiger partial charge is 0.338 e. The van der Waals surface area contributed by atoms with Crippen LogP contribution in [0.4, 0.5) is 0 Å². The molecule has 1 aliphatic heterocycles. The van der Waals surface area contributed by atoms with Gasteiger partial charge in [-0.05, 0) is 18.1 Å². The Balaban J connectivity index is 2.26. The number of hydrogen-bond acceptors (Lipinski definition) is 4. The van der Waals surface area contributed by atoms with Gasteiger partial charge in [0.15, 0.2) is 0 Å². The van der Waals surface area contributed by atoms with Crippen LogP contribution in [0.5, 0.6) is 0 Å². The second kappa shape index (κ2) is 9.39. The lowest BCUT2D eigenvalue weighted by molar-refractivity contribution is -0.141. The summed E-state index contributed by atoms with van der Waals surface area (Å²) in [6.45, 7) is 4.83. The minimum absolute atomic E-state index is 0.165. The summed E-state index contributed by atoms with van der Waals surface area (Å²) in [4.78, 5) is 39.6. The SMILES string of the molecule is CCOC(=O)C1=C(NC(C)=O)CC(c2ccccc2)N(C(C)=O)C1c1ccccc1. The Hall–Kier alpha value is -3.41. The van der Waals surface area contributed by atoms with Crippen molar-refractivity contribution in [2.24, 2.45) is 0 Å². The van der Waals surface area contributed by atoms with Crippen LogP contribution in [0.2, 0.25) is 0 Å². The number of esters is 1. The standard InChI is InChI=1S/C24H26N2O4/c1-4-30-24(29)22-20(25-16(2)27)15-21(18-11-7-5-8-12-18)26(17(3)28)23(22)19-13-9-6-10-14-19/h5-14,21,23H,4,15H2,1-3H3,(H,25,27). The van der Waals surface area contributed by atoms with Crippen molar-refractivity contribution in [1.29, 1.82) is 0 Å². The van der Waals surface area contributed by atoms with Crippen LogP contribution in [0.3, 0.4) is 0 Å². The van der Waals surface area contributed by atoms with Crippen molar-refractivity contribution in [2.45, 2.75) is 39.3 Å². The molecule has 0 saturated heterocycles. The fourth-order valence-electron chi connectivity index (χ4n) is 3.98. The largest absolute Gasteiger partial charge is 0.463 e. The van der Waals surface area contributed by atoms with E-state index in [9.17, 15) is 14.4 Å². The molecule has 0 bridgehead atoms. The van der Waals surface area contributed by atoms with E-state index in [0.29, 0.717) is 17.7 Å². The fraction of sp³-hybridized carbons (Fsp3) is 0.292. The second-order valence-corrected chi connectivity index (χ2v) is 7.16. The monoisotopic (exact) mass is 406 g/mol. The first kappa shape index (κ1) is 21.3. The molecule has 0 spiro atoms. The van der Waals surface area contributed by atoms with Crippen LogP contribution >= 0.6 is 0 Å². The van der Waals surface area contributed by atoms with Crippen molar-refractivity contribution < 1.29 is 19.1 Å². The molecule has 0 saturated carbocycles. The van der Waals surface area contributed by atoms with Crippen LogP contribution in [0.1, 0.15) is 50.4 Å². The number of carbonyl (C=O) groups is 3. The van der Waals surface area contributed by atoms with Crippen molar-refractivity contribution in [3.8, 4) is 0 Å². The molecule has 6 nitrogen and oxygen atoms in total. The molecule has 2 atom stereocenters. The second-order valence-electron chi connectivity index (χ2n) is 7.16. The van der Waals surface area contributed by atoms with Crippen molar-refractivity contribution in [3.05, 3.63) is 83.1 Å². The summed E-state index contributed by atoms with van der Waals surface area (Å²) in [7, 11) is 0. The zero-order valence-corrected chi connectivity index (χ0v) is 17.4. The maximum Gasteiger partial charge on any atom is 0.338 e. The van der Waals surface area contributed by atoms with Gasteiger partial charge in [0.05, 0.1) is 24.3 Å².